The number of piperidine rings is 1. The van der Waals surface area contributed by atoms with E-state index in [4.69, 9.17) is 17.3 Å². The van der Waals surface area contributed by atoms with E-state index in [0.29, 0.717) is 13.1 Å². The molecular formula is C10H17ClN4O2S. The van der Waals surface area contributed by atoms with E-state index in [0.717, 1.165) is 19.3 Å². The van der Waals surface area contributed by atoms with E-state index in [2.05, 4.69) is 4.98 Å². The Balaban J connectivity index is 2.38. The molecule has 0 aromatic carbocycles. The van der Waals surface area contributed by atoms with E-state index < -0.39 is 10.0 Å². The Morgan fingerprint density at radius 2 is 2.28 bits per heavy atom. The van der Waals surface area contributed by atoms with Gasteiger partial charge in [-0.1, -0.05) is 18.0 Å². The van der Waals surface area contributed by atoms with Gasteiger partial charge in [0.1, 0.15) is 5.15 Å². The van der Waals surface area contributed by atoms with Crippen LogP contribution in [0.15, 0.2) is 11.4 Å². The van der Waals surface area contributed by atoms with Gasteiger partial charge in [-0.25, -0.2) is 13.4 Å². The van der Waals surface area contributed by atoms with Gasteiger partial charge >= 0.3 is 0 Å². The molecule has 8 heteroatoms. The fourth-order valence-electron chi connectivity index (χ4n) is 2.20. The molecule has 1 fully saturated rings. The van der Waals surface area contributed by atoms with Gasteiger partial charge in [0.2, 0.25) is 5.03 Å². The number of nitrogens with two attached hydrogens (primary N) is 1. The van der Waals surface area contributed by atoms with Crippen molar-refractivity contribution < 1.29 is 8.42 Å². The Morgan fingerprint density at radius 3 is 2.83 bits per heavy atom. The van der Waals surface area contributed by atoms with Crippen LogP contribution in [0, 0.1) is 0 Å². The van der Waals surface area contributed by atoms with Crippen molar-refractivity contribution in [2.45, 2.75) is 30.3 Å². The molecule has 0 unspecified atom stereocenters. The first-order valence-corrected chi connectivity index (χ1v) is 7.69. The minimum Gasteiger partial charge on any atom is -0.329 e. The van der Waals surface area contributed by atoms with E-state index in [1.807, 2.05) is 0 Å². The standard InChI is InChI=1S/C10H17ClN4O2S/c1-14-7-13-10(9(14)11)18(16,17)15-5-3-2-4-8(15)6-12/h7-8H,2-6,12H2,1H3/t8-/m1/s1. The topological polar surface area (TPSA) is 81.2 Å². The Hall–Kier alpha value is -0.630. The largest absolute Gasteiger partial charge is 0.329 e. The van der Waals surface area contributed by atoms with Crippen molar-refractivity contribution in [1.29, 1.82) is 0 Å². The summed E-state index contributed by atoms with van der Waals surface area (Å²) in [5.41, 5.74) is 5.65. The zero-order chi connectivity index (χ0) is 13.3. The Kier molecular flexibility index (Phi) is 3.96. The van der Waals surface area contributed by atoms with Crippen molar-refractivity contribution in [2.75, 3.05) is 13.1 Å². The molecule has 102 valence electrons. The fraction of sp³-hybridized carbons (Fsp3) is 0.700. The molecular weight excluding hydrogens is 276 g/mol. The second-order valence-electron chi connectivity index (χ2n) is 4.45. The van der Waals surface area contributed by atoms with Gasteiger partial charge in [-0.15, -0.1) is 0 Å². The number of nitrogens with zero attached hydrogens (tertiary/aromatic N) is 3. The van der Waals surface area contributed by atoms with Crippen molar-refractivity contribution in [2.24, 2.45) is 12.8 Å². The Morgan fingerprint density at radius 1 is 1.56 bits per heavy atom. The summed E-state index contributed by atoms with van der Waals surface area (Å²) in [5.74, 6) is 0. The molecule has 18 heavy (non-hydrogen) atoms. The van der Waals surface area contributed by atoms with Gasteiger partial charge in [0, 0.05) is 26.2 Å². The summed E-state index contributed by atoms with van der Waals surface area (Å²) < 4.78 is 27.9. The number of aromatic nitrogens is 2. The highest BCUT2D eigenvalue weighted by molar-refractivity contribution is 7.89. The minimum atomic E-state index is -3.64. The summed E-state index contributed by atoms with van der Waals surface area (Å²) in [5, 5.41) is 0.0587. The fourth-order valence-corrected chi connectivity index (χ4v) is 4.30. The highest BCUT2D eigenvalue weighted by atomic mass is 35.5. The SMILES string of the molecule is Cn1cnc(S(=O)(=O)N2CCCC[C@@H]2CN)c1Cl. The third-order valence-corrected chi connectivity index (χ3v) is 5.68. The normalized spacial score (nSPS) is 22.3. The number of aryl methyl sites for hydroxylation is 1. The van der Waals surface area contributed by atoms with Gasteiger partial charge in [0.05, 0.1) is 6.33 Å². The summed E-state index contributed by atoms with van der Waals surface area (Å²) >= 11 is 5.97. The van der Waals surface area contributed by atoms with Crippen LogP contribution in [0.3, 0.4) is 0 Å². The van der Waals surface area contributed by atoms with Crippen LogP contribution in [0.25, 0.3) is 0 Å². The smallest absolute Gasteiger partial charge is 0.263 e. The average Bonchev–Trinajstić information content (AvgIpc) is 2.70. The third kappa shape index (κ3) is 2.27. The first-order chi connectivity index (χ1) is 8.48. The summed E-state index contributed by atoms with van der Waals surface area (Å²) in [6, 6.07) is -0.151. The maximum atomic E-state index is 12.5. The highest BCUT2D eigenvalue weighted by Gasteiger charge is 2.35. The molecule has 1 aromatic rings. The van der Waals surface area contributed by atoms with Gasteiger partial charge < -0.3 is 10.3 Å². The lowest BCUT2D eigenvalue weighted by molar-refractivity contribution is 0.257. The van der Waals surface area contributed by atoms with Crippen molar-refractivity contribution in [3.05, 3.63) is 11.5 Å². The minimum absolute atomic E-state index is 0.0768. The number of hydrogen-bond donors (Lipinski definition) is 1. The molecule has 2 N–H and O–H groups in total. The van der Waals surface area contributed by atoms with Crippen LogP contribution >= 0.6 is 11.6 Å². The molecule has 6 nitrogen and oxygen atoms in total. The first-order valence-electron chi connectivity index (χ1n) is 5.87. The molecule has 2 heterocycles. The number of hydrogen-bond acceptors (Lipinski definition) is 4. The lowest BCUT2D eigenvalue weighted by Crippen LogP contribution is -2.47. The van der Waals surface area contributed by atoms with Crippen molar-refractivity contribution in [1.82, 2.24) is 13.9 Å². The van der Waals surface area contributed by atoms with E-state index >= 15 is 0 Å². The highest BCUT2D eigenvalue weighted by Crippen LogP contribution is 2.27. The van der Waals surface area contributed by atoms with Gasteiger partial charge in [-0.3, -0.25) is 0 Å². The van der Waals surface area contributed by atoms with E-state index in [1.54, 1.807) is 7.05 Å². The summed E-state index contributed by atoms with van der Waals surface area (Å²) in [6.07, 6.45) is 4.04. The summed E-state index contributed by atoms with van der Waals surface area (Å²) in [6.45, 7) is 0.806. The molecule has 0 spiro atoms. The van der Waals surface area contributed by atoms with Crippen LogP contribution in [-0.4, -0.2) is 41.4 Å². The lowest BCUT2D eigenvalue weighted by Gasteiger charge is -2.33. The summed E-state index contributed by atoms with van der Waals surface area (Å²) in [7, 11) is -1.99. The van der Waals surface area contributed by atoms with Gasteiger partial charge in [0.15, 0.2) is 0 Å². The lowest BCUT2D eigenvalue weighted by atomic mass is 10.1. The maximum absolute atomic E-state index is 12.5. The van der Waals surface area contributed by atoms with Gasteiger partial charge in [-0.05, 0) is 12.8 Å². The number of sulfonamides is 1. The van der Waals surface area contributed by atoms with Crippen molar-refractivity contribution in [3.8, 4) is 0 Å². The maximum Gasteiger partial charge on any atom is 0.263 e. The van der Waals surface area contributed by atoms with Crippen LogP contribution in [-0.2, 0) is 17.1 Å². The molecule has 0 aliphatic carbocycles. The zero-order valence-electron chi connectivity index (χ0n) is 10.2. The molecule has 0 bridgehead atoms. The van der Waals surface area contributed by atoms with Gasteiger partial charge in [-0.2, -0.15) is 4.31 Å². The van der Waals surface area contributed by atoms with Crippen molar-refractivity contribution >= 4 is 21.6 Å². The van der Waals surface area contributed by atoms with Crippen LogP contribution in [0.1, 0.15) is 19.3 Å². The summed E-state index contributed by atoms with van der Waals surface area (Å²) in [4.78, 5) is 3.89. The molecule has 1 saturated heterocycles. The van der Waals surface area contributed by atoms with Crippen LogP contribution in [0.2, 0.25) is 5.15 Å². The number of halogens is 1. The van der Waals surface area contributed by atoms with E-state index in [9.17, 15) is 8.42 Å². The number of rotatable bonds is 3. The molecule has 1 aliphatic rings. The molecule has 0 amide bonds. The molecule has 1 atom stereocenters. The second kappa shape index (κ2) is 5.16. The Labute approximate surface area is 112 Å². The number of imidazole rings is 1. The predicted molar refractivity (Wildman–Crippen MR) is 68.8 cm³/mol. The van der Waals surface area contributed by atoms with Crippen LogP contribution < -0.4 is 5.73 Å². The molecule has 0 radical (unpaired) electrons. The average molecular weight is 293 g/mol. The molecule has 2 rings (SSSR count). The predicted octanol–water partition coefficient (Wildman–Crippen LogP) is 0.575. The van der Waals surface area contributed by atoms with Crippen LogP contribution in [0.4, 0.5) is 0 Å². The third-order valence-electron chi connectivity index (χ3n) is 3.23. The Bertz CT molecular complexity index is 528. The molecule has 0 saturated carbocycles. The van der Waals surface area contributed by atoms with E-state index in [1.165, 1.54) is 15.2 Å². The quantitative estimate of drug-likeness (QED) is 0.883. The van der Waals surface area contributed by atoms with Crippen LogP contribution in [0.5, 0.6) is 0 Å². The second-order valence-corrected chi connectivity index (χ2v) is 6.62. The first kappa shape index (κ1) is 13.8. The zero-order valence-corrected chi connectivity index (χ0v) is 11.8. The molecule has 1 aromatic heterocycles. The van der Waals surface area contributed by atoms with Gasteiger partial charge in [0.25, 0.3) is 10.0 Å². The van der Waals surface area contributed by atoms with E-state index in [-0.39, 0.29) is 16.2 Å². The van der Waals surface area contributed by atoms with Crippen molar-refractivity contribution in [3.63, 3.8) is 0 Å². The molecule has 1 aliphatic heterocycles. The monoisotopic (exact) mass is 292 g/mol.